The predicted octanol–water partition coefficient (Wildman–Crippen LogP) is 3.53. The van der Waals surface area contributed by atoms with Crippen LogP contribution in [0.1, 0.15) is 43.4 Å². The van der Waals surface area contributed by atoms with Gasteiger partial charge in [-0.3, -0.25) is 4.79 Å². The highest BCUT2D eigenvalue weighted by Crippen LogP contribution is 2.23. The fraction of sp³-hybridized carbons (Fsp3) is 0.562. The third-order valence-electron chi connectivity index (χ3n) is 3.13. The standard InChI is InChI=1S/C16H24O3/c1-11(2)7-8-19-15(17)6-5-14-9-12(3)16(18)13(4)10-14/h9-11,18H,5-8H2,1-4H3. The Balaban J connectivity index is 2.42. The first-order valence-corrected chi connectivity index (χ1v) is 6.85. The Bertz CT molecular complexity index is 413. The van der Waals surface area contributed by atoms with Crippen LogP contribution in [0.3, 0.4) is 0 Å². The predicted molar refractivity (Wildman–Crippen MR) is 76.3 cm³/mol. The third kappa shape index (κ3) is 5.33. The van der Waals surface area contributed by atoms with Crippen LogP contribution in [0.2, 0.25) is 0 Å². The molecule has 0 fully saturated rings. The quantitative estimate of drug-likeness (QED) is 0.799. The van der Waals surface area contributed by atoms with Gasteiger partial charge >= 0.3 is 5.97 Å². The van der Waals surface area contributed by atoms with Gasteiger partial charge in [-0.25, -0.2) is 0 Å². The van der Waals surface area contributed by atoms with Crippen molar-refractivity contribution in [2.75, 3.05) is 6.61 Å². The monoisotopic (exact) mass is 264 g/mol. The molecule has 0 aromatic heterocycles. The summed E-state index contributed by atoms with van der Waals surface area (Å²) in [5, 5.41) is 9.68. The van der Waals surface area contributed by atoms with Crippen molar-refractivity contribution in [2.24, 2.45) is 5.92 Å². The van der Waals surface area contributed by atoms with Crippen molar-refractivity contribution in [3.8, 4) is 5.75 Å². The molecule has 0 aliphatic rings. The molecule has 0 bridgehead atoms. The number of ether oxygens (including phenoxy) is 1. The van der Waals surface area contributed by atoms with E-state index in [0.717, 1.165) is 23.1 Å². The van der Waals surface area contributed by atoms with E-state index in [1.807, 2.05) is 26.0 Å². The van der Waals surface area contributed by atoms with E-state index in [0.29, 0.717) is 31.1 Å². The molecule has 0 spiro atoms. The molecule has 0 radical (unpaired) electrons. The zero-order valence-corrected chi connectivity index (χ0v) is 12.3. The van der Waals surface area contributed by atoms with E-state index in [4.69, 9.17) is 4.74 Å². The molecule has 0 saturated carbocycles. The zero-order valence-electron chi connectivity index (χ0n) is 12.3. The number of aromatic hydroxyl groups is 1. The average Bonchev–Trinajstić information content (AvgIpc) is 2.32. The molecule has 19 heavy (non-hydrogen) atoms. The zero-order chi connectivity index (χ0) is 14.4. The molecular weight excluding hydrogens is 240 g/mol. The van der Waals surface area contributed by atoms with Crippen molar-refractivity contribution in [1.29, 1.82) is 0 Å². The number of hydrogen-bond acceptors (Lipinski definition) is 3. The van der Waals surface area contributed by atoms with Gasteiger partial charge in [0.05, 0.1) is 6.61 Å². The Labute approximate surface area is 115 Å². The van der Waals surface area contributed by atoms with Gasteiger partial charge in [-0.1, -0.05) is 26.0 Å². The highest BCUT2D eigenvalue weighted by atomic mass is 16.5. The fourth-order valence-corrected chi connectivity index (χ4v) is 1.92. The lowest BCUT2D eigenvalue weighted by atomic mass is 10.0. The Morgan fingerprint density at radius 1 is 1.26 bits per heavy atom. The van der Waals surface area contributed by atoms with Crippen molar-refractivity contribution in [2.45, 2.75) is 47.0 Å². The number of benzene rings is 1. The summed E-state index contributed by atoms with van der Waals surface area (Å²) in [6, 6.07) is 3.84. The van der Waals surface area contributed by atoms with Crippen molar-refractivity contribution in [3.63, 3.8) is 0 Å². The summed E-state index contributed by atoms with van der Waals surface area (Å²) in [6.45, 7) is 8.45. The molecule has 3 heteroatoms. The number of aryl methyl sites for hydroxylation is 3. The molecule has 0 aliphatic heterocycles. The second kappa shape index (κ2) is 7.17. The van der Waals surface area contributed by atoms with Crippen LogP contribution in [0, 0.1) is 19.8 Å². The fourth-order valence-electron chi connectivity index (χ4n) is 1.92. The summed E-state index contributed by atoms with van der Waals surface area (Å²) < 4.78 is 5.17. The summed E-state index contributed by atoms with van der Waals surface area (Å²) >= 11 is 0. The van der Waals surface area contributed by atoms with E-state index in [-0.39, 0.29) is 5.97 Å². The minimum atomic E-state index is -0.149. The molecular formula is C16H24O3. The van der Waals surface area contributed by atoms with Gasteiger partial charge in [0.15, 0.2) is 0 Å². The lowest BCUT2D eigenvalue weighted by Crippen LogP contribution is -2.08. The lowest BCUT2D eigenvalue weighted by Gasteiger charge is -2.09. The maximum Gasteiger partial charge on any atom is 0.306 e. The summed E-state index contributed by atoms with van der Waals surface area (Å²) in [7, 11) is 0. The lowest BCUT2D eigenvalue weighted by molar-refractivity contribution is -0.143. The van der Waals surface area contributed by atoms with E-state index in [9.17, 15) is 9.90 Å². The molecule has 1 aromatic carbocycles. The smallest absolute Gasteiger partial charge is 0.306 e. The first-order chi connectivity index (χ1) is 8.90. The van der Waals surface area contributed by atoms with Crippen molar-refractivity contribution in [1.82, 2.24) is 0 Å². The van der Waals surface area contributed by atoms with Crippen molar-refractivity contribution >= 4 is 5.97 Å². The highest BCUT2D eigenvalue weighted by molar-refractivity contribution is 5.69. The normalized spacial score (nSPS) is 10.8. The van der Waals surface area contributed by atoms with E-state index in [1.165, 1.54) is 0 Å². The van der Waals surface area contributed by atoms with Crippen LogP contribution in [0.15, 0.2) is 12.1 Å². The van der Waals surface area contributed by atoms with Gasteiger partial charge in [0, 0.05) is 6.42 Å². The third-order valence-corrected chi connectivity index (χ3v) is 3.13. The molecule has 0 unspecified atom stereocenters. The second-order valence-electron chi connectivity index (χ2n) is 5.48. The number of phenols is 1. The number of hydrogen-bond donors (Lipinski definition) is 1. The topological polar surface area (TPSA) is 46.5 Å². The minimum absolute atomic E-state index is 0.149. The molecule has 0 amide bonds. The first-order valence-electron chi connectivity index (χ1n) is 6.85. The molecule has 0 saturated heterocycles. The molecule has 1 rings (SSSR count). The van der Waals surface area contributed by atoms with Gasteiger partial charge < -0.3 is 9.84 Å². The number of esters is 1. The van der Waals surface area contributed by atoms with Gasteiger partial charge in [-0.2, -0.15) is 0 Å². The number of rotatable bonds is 6. The number of carbonyl (C=O) groups excluding carboxylic acids is 1. The van der Waals surface area contributed by atoms with Gasteiger partial charge in [0.2, 0.25) is 0 Å². The SMILES string of the molecule is Cc1cc(CCC(=O)OCCC(C)C)cc(C)c1O. The maximum absolute atomic E-state index is 11.6. The largest absolute Gasteiger partial charge is 0.507 e. The van der Waals surface area contributed by atoms with Crippen molar-refractivity contribution < 1.29 is 14.6 Å². The minimum Gasteiger partial charge on any atom is -0.507 e. The summed E-state index contributed by atoms with van der Waals surface area (Å²) in [5.74, 6) is 0.738. The van der Waals surface area contributed by atoms with Crippen LogP contribution in [-0.4, -0.2) is 17.7 Å². The Morgan fingerprint density at radius 2 is 1.84 bits per heavy atom. The van der Waals surface area contributed by atoms with Crippen LogP contribution in [0.4, 0.5) is 0 Å². The summed E-state index contributed by atoms with van der Waals surface area (Å²) in [4.78, 5) is 11.6. The maximum atomic E-state index is 11.6. The Morgan fingerprint density at radius 3 is 2.37 bits per heavy atom. The van der Waals surface area contributed by atoms with Crippen LogP contribution in [0.25, 0.3) is 0 Å². The van der Waals surface area contributed by atoms with Gasteiger partial charge in [-0.15, -0.1) is 0 Å². The highest BCUT2D eigenvalue weighted by Gasteiger charge is 2.07. The molecule has 1 N–H and O–H groups in total. The van der Waals surface area contributed by atoms with E-state index in [2.05, 4.69) is 13.8 Å². The molecule has 3 nitrogen and oxygen atoms in total. The summed E-state index contributed by atoms with van der Waals surface area (Å²) in [6.07, 6.45) is 1.95. The number of phenolic OH excluding ortho intramolecular Hbond substituents is 1. The molecule has 0 aliphatic carbocycles. The molecule has 0 heterocycles. The molecule has 106 valence electrons. The van der Waals surface area contributed by atoms with E-state index < -0.39 is 0 Å². The van der Waals surface area contributed by atoms with Crippen LogP contribution in [-0.2, 0) is 16.0 Å². The van der Waals surface area contributed by atoms with Crippen LogP contribution >= 0.6 is 0 Å². The van der Waals surface area contributed by atoms with Gasteiger partial charge in [-0.05, 0) is 49.3 Å². The second-order valence-corrected chi connectivity index (χ2v) is 5.48. The Hall–Kier alpha value is -1.51. The van der Waals surface area contributed by atoms with Gasteiger partial charge in [0.25, 0.3) is 0 Å². The molecule has 0 atom stereocenters. The summed E-state index contributed by atoms with van der Waals surface area (Å²) in [5.41, 5.74) is 2.76. The Kier molecular flexibility index (Phi) is 5.87. The van der Waals surface area contributed by atoms with Crippen molar-refractivity contribution in [3.05, 3.63) is 28.8 Å². The van der Waals surface area contributed by atoms with Crippen LogP contribution in [0.5, 0.6) is 5.75 Å². The van der Waals surface area contributed by atoms with Gasteiger partial charge in [0.1, 0.15) is 5.75 Å². The number of carbonyl (C=O) groups is 1. The van der Waals surface area contributed by atoms with Crippen LogP contribution < -0.4 is 0 Å². The van der Waals surface area contributed by atoms with E-state index in [1.54, 1.807) is 0 Å². The average molecular weight is 264 g/mol. The first kappa shape index (κ1) is 15.5. The molecule has 1 aromatic rings. The van der Waals surface area contributed by atoms with E-state index >= 15 is 0 Å².